The first kappa shape index (κ1) is 10.7. The van der Waals surface area contributed by atoms with Gasteiger partial charge in [0, 0.05) is 0 Å². The molecule has 5 nitrogen and oxygen atoms in total. The smallest absolute Gasteiger partial charge is 0.236 e. The van der Waals surface area contributed by atoms with Gasteiger partial charge >= 0.3 is 0 Å². The monoisotopic (exact) mass is 162 g/mol. The first-order valence-electron chi connectivity index (χ1n) is 1.39. The molecule has 8 heavy (non-hydrogen) atoms. The van der Waals surface area contributed by atoms with Crippen LogP contribution in [0.25, 0.3) is 0 Å². The van der Waals surface area contributed by atoms with Gasteiger partial charge in [-0.05, 0) is 23.2 Å². The van der Waals surface area contributed by atoms with Crippen LogP contribution in [0.1, 0.15) is 0 Å². The maximum Gasteiger partial charge on any atom is 0.236 e. The van der Waals surface area contributed by atoms with Crippen molar-refractivity contribution in [3.8, 4) is 0 Å². The summed E-state index contributed by atoms with van der Waals surface area (Å²) in [6.07, 6.45) is 0. The van der Waals surface area contributed by atoms with E-state index >= 15 is 0 Å². The first-order valence-corrected chi connectivity index (χ1v) is 2.27. The Bertz CT molecular complexity index is 59.5. The molecule has 0 aliphatic heterocycles. The number of hydrogen-bond donors (Lipinski definition) is 1. The molecular weight excluding hydrogens is 159 g/mol. The van der Waals surface area contributed by atoms with E-state index in [4.69, 9.17) is 38.5 Å². The lowest BCUT2D eigenvalue weighted by Gasteiger charge is -1.74. The molecule has 0 aromatic rings. The molecule has 3 N–H and O–H groups in total. The maximum absolute atomic E-state index is 8.25. The second-order valence-electron chi connectivity index (χ2n) is 0.615. The van der Waals surface area contributed by atoms with Crippen LogP contribution < -0.4 is 5.73 Å². The highest BCUT2D eigenvalue weighted by Crippen LogP contribution is 1.82. The molecule has 0 atom stereocenters. The van der Waals surface area contributed by atoms with Crippen LogP contribution >= 0.6 is 23.2 Å². The quantitative estimate of drug-likeness (QED) is 0.231. The van der Waals surface area contributed by atoms with Gasteiger partial charge in [-0.2, -0.15) is 0 Å². The van der Waals surface area contributed by atoms with Gasteiger partial charge in [-0.15, -0.1) is 0 Å². The van der Waals surface area contributed by atoms with Gasteiger partial charge in [0.2, 0.25) is 4.96 Å². The molecule has 0 rings (SSSR count). The van der Waals surface area contributed by atoms with Crippen molar-refractivity contribution in [2.75, 3.05) is 0 Å². The van der Waals surface area contributed by atoms with Crippen molar-refractivity contribution in [1.82, 2.24) is 0 Å². The molecule has 0 radical (unpaired) electrons. The molecular formula is CH4Cl2N2O3. The minimum atomic E-state index is -1.75. The van der Waals surface area contributed by atoms with Crippen molar-refractivity contribution in [3.63, 3.8) is 0 Å². The molecule has 7 heteroatoms. The normalized spacial score (nSPS) is 7.50. The Morgan fingerprint density at radius 1 is 1.50 bits per heavy atom. The first-order chi connectivity index (χ1) is 3.46. The molecule has 50 valence electrons. The summed E-state index contributed by atoms with van der Waals surface area (Å²) in [6.45, 7) is 0. The van der Waals surface area contributed by atoms with E-state index < -0.39 is 10.0 Å². The summed E-state index contributed by atoms with van der Waals surface area (Å²) in [5, 5.41) is 14.8. The minimum Gasteiger partial charge on any atom is -0.356 e. The lowest BCUT2D eigenvalue weighted by molar-refractivity contribution is -0.402. The second-order valence-corrected chi connectivity index (χ2v) is 1.89. The number of nitrogens with zero attached hydrogens (tertiary/aromatic N) is 1. The number of quaternary nitrogens is 1. The van der Waals surface area contributed by atoms with E-state index in [2.05, 4.69) is 5.73 Å². The zero-order valence-corrected chi connectivity index (χ0v) is 5.22. The Labute approximate surface area is 55.1 Å². The van der Waals surface area contributed by atoms with Crippen LogP contribution in [0.15, 0.2) is 0 Å². The topological polar surface area (TPSA) is 93.8 Å². The number of hydrogen-bond acceptors (Lipinski definition) is 3. The number of rotatable bonds is 0. The Balaban J connectivity index is 0. The molecule has 0 bridgehead atoms. The van der Waals surface area contributed by atoms with Crippen LogP contribution in [0.3, 0.4) is 0 Å². The summed E-state index contributed by atoms with van der Waals surface area (Å²) in [6, 6.07) is 0. The fourth-order valence-electron chi connectivity index (χ4n) is 0. The van der Waals surface area contributed by atoms with E-state index in [1.807, 2.05) is 0 Å². The van der Waals surface area contributed by atoms with Crippen molar-refractivity contribution < 1.29 is 10.8 Å². The third kappa shape index (κ3) is 1910. The van der Waals surface area contributed by atoms with Crippen molar-refractivity contribution in [3.05, 3.63) is 15.3 Å². The van der Waals surface area contributed by atoms with E-state index in [0.717, 1.165) is 0 Å². The van der Waals surface area contributed by atoms with Crippen LogP contribution in [0.5, 0.6) is 0 Å². The summed E-state index contributed by atoms with van der Waals surface area (Å²) in [4.78, 5) is 7.78. The summed E-state index contributed by atoms with van der Waals surface area (Å²) in [5.41, 5.74) is 3.17. The van der Waals surface area contributed by atoms with E-state index in [1.165, 1.54) is 0 Å². The van der Waals surface area contributed by atoms with Crippen molar-refractivity contribution in [1.29, 1.82) is 0 Å². The van der Waals surface area contributed by atoms with E-state index in [0.29, 0.717) is 0 Å². The Morgan fingerprint density at radius 3 is 1.50 bits per heavy atom. The average molecular weight is 163 g/mol. The predicted molar refractivity (Wildman–Crippen MR) is 28.7 cm³/mol. The lowest BCUT2D eigenvalue weighted by atomic mass is 11.5. The Morgan fingerprint density at radius 2 is 1.50 bits per heavy atom. The summed E-state index contributed by atoms with van der Waals surface area (Å²) in [5.74, 6) is 0. The van der Waals surface area contributed by atoms with Gasteiger partial charge < -0.3 is 21.1 Å². The highest BCUT2D eigenvalue weighted by molar-refractivity contribution is 6.42. The average Bonchev–Trinajstić information content (AvgIpc) is 1.25. The SMILES string of the molecule is O=[N+]([O-])[O-].[NH3+]C(Cl)Cl. The van der Waals surface area contributed by atoms with Gasteiger partial charge in [-0.1, -0.05) is 0 Å². The van der Waals surface area contributed by atoms with Gasteiger partial charge in [0.1, 0.15) is 0 Å². The molecule has 0 saturated carbocycles. The minimum absolute atomic E-state index is 0.472. The summed E-state index contributed by atoms with van der Waals surface area (Å²) >= 11 is 9.86. The highest BCUT2D eigenvalue weighted by atomic mass is 35.5. The van der Waals surface area contributed by atoms with Crippen LogP contribution in [0, 0.1) is 15.3 Å². The predicted octanol–water partition coefficient (Wildman–Crippen LogP) is -0.250. The molecule has 0 spiro atoms. The van der Waals surface area contributed by atoms with Crippen LogP contribution in [-0.4, -0.2) is 10.0 Å². The van der Waals surface area contributed by atoms with E-state index in [1.54, 1.807) is 0 Å². The van der Waals surface area contributed by atoms with E-state index in [9.17, 15) is 0 Å². The molecule has 0 aromatic carbocycles. The van der Waals surface area contributed by atoms with Crippen molar-refractivity contribution in [2.24, 2.45) is 0 Å². The van der Waals surface area contributed by atoms with Gasteiger partial charge in [0.05, 0.1) is 5.09 Å². The van der Waals surface area contributed by atoms with Crippen molar-refractivity contribution >= 4 is 23.2 Å². The molecule has 0 aromatic heterocycles. The van der Waals surface area contributed by atoms with Gasteiger partial charge in [-0.25, -0.2) is 0 Å². The lowest BCUT2D eigenvalue weighted by Crippen LogP contribution is -2.53. The maximum atomic E-state index is 8.25. The number of alkyl halides is 2. The molecule has 0 aliphatic carbocycles. The third-order valence-electron chi connectivity index (χ3n) is 0. The molecule has 0 saturated heterocycles. The Hall–Kier alpha value is -0.260. The fraction of sp³-hybridized carbons (Fsp3) is 1.00. The zero-order valence-electron chi connectivity index (χ0n) is 3.71. The van der Waals surface area contributed by atoms with Crippen molar-refractivity contribution in [2.45, 2.75) is 4.96 Å². The number of halogens is 2. The van der Waals surface area contributed by atoms with Crippen LogP contribution in [0.2, 0.25) is 0 Å². The standard InChI is InChI=1S/CH3Cl2N.NO3/c2*2-1(3)4/h1H,4H2;/q;-1/p+1. The highest BCUT2D eigenvalue weighted by Gasteiger charge is 1.80. The van der Waals surface area contributed by atoms with Gasteiger partial charge in [0.15, 0.2) is 0 Å². The summed E-state index contributed by atoms with van der Waals surface area (Å²) < 4.78 is 0. The molecule has 0 heterocycles. The van der Waals surface area contributed by atoms with Gasteiger partial charge in [0.25, 0.3) is 0 Å². The van der Waals surface area contributed by atoms with Crippen LogP contribution in [-0.2, 0) is 0 Å². The zero-order chi connectivity index (χ0) is 7.15. The van der Waals surface area contributed by atoms with Crippen LogP contribution in [0.4, 0.5) is 0 Å². The second kappa shape index (κ2) is 6.74. The summed E-state index contributed by atoms with van der Waals surface area (Å²) in [7, 11) is 0. The fourth-order valence-corrected chi connectivity index (χ4v) is 0. The molecule has 0 aliphatic rings. The molecule has 0 amide bonds. The molecule has 0 unspecified atom stereocenters. The Kier molecular flexibility index (Phi) is 8.99. The largest absolute Gasteiger partial charge is 0.356 e. The van der Waals surface area contributed by atoms with E-state index in [-0.39, 0.29) is 0 Å². The van der Waals surface area contributed by atoms with Gasteiger partial charge in [-0.3, -0.25) is 0 Å². The third-order valence-corrected chi connectivity index (χ3v) is 0. The molecule has 0 fully saturated rings.